The van der Waals surface area contributed by atoms with Crippen LogP contribution >= 0.6 is 0 Å². The average Bonchev–Trinajstić information content (AvgIpc) is 2.73. The van der Waals surface area contributed by atoms with Gasteiger partial charge in [-0.3, -0.25) is 0 Å². The third-order valence-corrected chi connectivity index (χ3v) is 4.31. The number of hydrogen-bond donors (Lipinski definition) is 1. The van der Waals surface area contributed by atoms with Crippen LogP contribution in [0.25, 0.3) is 0 Å². The van der Waals surface area contributed by atoms with E-state index in [-0.39, 0.29) is 12.0 Å². The number of aliphatic hydroxyl groups is 1. The fourth-order valence-electron chi connectivity index (χ4n) is 2.23. The third-order valence-electron chi connectivity index (χ3n) is 4.31. The number of rotatable bonds is 10. The molecule has 0 atom stereocenters. The summed E-state index contributed by atoms with van der Waals surface area (Å²) in [6.45, 7) is -0.447. The van der Waals surface area contributed by atoms with Crippen molar-refractivity contribution in [1.82, 2.24) is 0 Å². The number of hydrogen-bond acceptors (Lipinski definition) is 2. The van der Waals surface area contributed by atoms with Crippen LogP contribution in [0.5, 0.6) is 5.75 Å². The summed E-state index contributed by atoms with van der Waals surface area (Å²) in [4.78, 5) is 0. The minimum absolute atomic E-state index is 0.0570. The maximum atomic E-state index is 13.7. The minimum atomic E-state index is -8.63. The van der Waals surface area contributed by atoms with Crippen LogP contribution in [0.15, 0.2) is 36.1 Å². The molecular formula is C17H9F17O2. The fourth-order valence-corrected chi connectivity index (χ4v) is 2.23. The van der Waals surface area contributed by atoms with Crippen LogP contribution in [-0.4, -0.2) is 53.4 Å². The molecule has 19 heteroatoms. The SMILES string of the molecule is OCCc1ccc(OC(F)=C(F)C(F)(F)C(F)(F)C(F)(F)C(F)(F)C(F)(F)C(F)(F)C(F)(F)F)cc1. The van der Waals surface area contributed by atoms with Crippen molar-refractivity contribution in [3.63, 3.8) is 0 Å². The van der Waals surface area contributed by atoms with Gasteiger partial charge in [0.2, 0.25) is 5.83 Å². The maximum absolute atomic E-state index is 13.7. The predicted molar refractivity (Wildman–Crippen MR) is 82.8 cm³/mol. The minimum Gasteiger partial charge on any atom is -0.430 e. The highest BCUT2D eigenvalue weighted by Gasteiger charge is 2.93. The second kappa shape index (κ2) is 9.44. The van der Waals surface area contributed by atoms with Crippen LogP contribution in [0.3, 0.4) is 0 Å². The summed E-state index contributed by atoms with van der Waals surface area (Å²) in [6, 6.07) is -0.420. The van der Waals surface area contributed by atoms with Gasteiger partial charge in [0.15, 0.2) is 0 Å². The predicted octanol–water partition coefficient (Wildman–Crippen LogP) is 7.08. The van der Waals surface area contributed by atoms with Crippen LogP contribution < -0.4 is 4.74 Å². The van der Waals surface area contributed by atoms with E-state index in [2.05, 4.69) is 4.74 Å². The summed E-state index contributed by atoms with van der Waals surface area (Å²) in [5.41, 5.74) is 0.241. The van der Waals surface area contributed by atoms with Crippen LogP contribution in [0, 0.1) is 0 Å². The summed E-state index contributed by atoms with van der Waals surface area (Å²) in [6.07, 6.45) is -7.84. The van der Waals surface area contributed by atoms with Crippen molar-refractivity contribution < 1.29 is 84.5 Å². The number of alkyl halides is 15. The number of aliphatic hydroxyl groups excluding tert-OH is 1. The van der Waals surface area contributed by atoms with Crippen molar-refractivity contribution in [3.8, 4) is 5.75 Å². The van der Waals surface area contributed by atoms with E-state index in [0.717, 1.165) is 12.1 Å². The summed E-state index contributed by atoms with van der Waals surface area (Å²) in [5.74, 6) is -55.2. The Morgan fingerprint density at radius 3 is 1.39 bits per heavy atom. The number of benzene rings is 1. The molecular weight excluding hydrogens is 559 g/mol. The quantitative estimate of drug-likeness (QED) is 0.242. The van der Waals surface area contributed by atoms with Gasteiger partial charge < -0.3 is 9.84 Å². The van der Waals surface area contributed by atoms with Crippen molar-refractivity contribution in [3.05, 3.63) is 41.7 Å². The molecule has 0 unspecified atom stereocenters. The third kappa shape index (κ3) is 4.77. The smallest absolute Gasteiger partial charge is 0.430 e. The fraction of sp³-hybridized carbons (Fsp3) is 0.529. The zero-order valence-corrected chi connectivity index (χ0v) is 16.5. The van der Waals surface area contributed by atoms with Gasteiger partial charge >= 0.3 is 47.7 Å². The molecule has 0 heterocycles. The Labute approximate surface area is 187 Å². The van der Waals surface area contributed by atoms with Gasteiger partial charge in [0.1, 0.15) is 5.75 Å². The molecule has 0 saturated heterocycles. The van der Waals surface area contributed by atoms with Crippen molar-refractivity contribution in [2.45, 2.75) is 48.1 Å². The van der Waals surface area contributed by atoms with Crippen molar-refractivity contribution in [2.24, 2.45) is 0 Å². The van der Waals surface area contributed by atoms with Crippen molar-refractivity contribution in [2.75, 3.05) is 6.61 Å². The van der Waals surface area contributed by atoms with Gasteiger partial charge in [-0.15, -0.1) is 0 Å². The first kappa shape index (κ1) is 31.6. The highest BCUT2D eigenvalue weighted by molar-refractivity contribution is 5.29. The van der Waals surface area contributed by atoms with Crippen molar-refractivity contribution >= 4 is 0 Å². The Hall–Kier alpha value is -2.47. The molecule has 0 aliphatic rings. The van der Waals surface area contributed by atoms with Gasteiger partial charge in [-0.05, 0) is 24.1 Å². The van der Waals surface area contributed by atoms with Crippen LogP contribution in [0.2, 0.25) is 0 Å². The zero-order chi connectivity index (χ0) is 28.8. The molecule has 0 aromatic heterocycles. The molecule has 0 spiro atoms. The molecule has 2 nitrogen and oxygen atoms in total. The van der Waals surface area contributed by atoms with Crippen molar-refractivity contribution in [1.29, 1.82) is 0 Å². The molecule has 0 radical (unpaired) electrons. The first-order chi connectivity index (χ1) is 15.8. The highest BCUT2D eigenvalue weighted by atomic mass is 19.4. The van der Waals surface area contributed by atoms with Gasteiger partial charge in [0, 0.05) is 6.61 Å². The number of halogens is 17. The first-order valence-electron chi connectivity index (χ1n) is 8.61. The highest BCUT2D eigenvalue weighted by Crippen LogP contribution is 2.63. The monoisotopic (exact) mass is 568 g/mol. The Morgan fingerprint density at radius 1 is 0.611 bits per heavy atom. The molecule has 0 saturated carbocycles. The van der Waals surface area contributed by atoms with E-state index in [0.29, 0.717) is 12.1 Å². The molecule has 1 aromatic carbocycles. The Bertz CT molecular complexity index is 947. The van der Waals surface area contributed by atoms with E-state index < -0.39 is 65.9 Å². The number of allylic oxidation sites excluding steroid dienone is 1. The van der Waals surface area contributed by atoms with E-state index in [1.807, 2.05) is 0 Å². The molecule has 0 aliphatic heterocycles. The zero-order valence-electron chi connectivity index (χ0n) is 16.5. The second-order valence-corrected chi connectivity index (χ2v) is 6.75. The van der Waals surface area contributed by atoms with Crippen LogP contribution in [-0.2, 0) is 6.42 Å². The normalized spacial score (nSPS) is 15.6. The molecule has 1 aromatic rings. The van der Waals surface area contributed by atoms with Gasteiger partial charge in [-0.1, -0.05) is 12.1 Å². The largest absolute Gasteiger partial charge is 0.460 e. The van der Waals surface area contributed by atoms with E-state index in [9.17, 15) is 74.6 Å². The van der Waals surface area contributed by atoms with Crippen LogP contribution in [0.1, 0.15) is 5.56 Å². The molecule has 0 fully saturated rings. The summed E-state index contributed by atoms with van der Waals surface area (Å²) in [5, 5.41) is 8.67. The first-order valence-corrected chi connectivity index (χ1v) is 8.61. The standard InChI is InChI=1S/C17H9F17O2/c18-9(10(19)36-8-3-1-7(2-4-8)5-6-35)11(20,21)12(22,23)13(24,25)14(26,27)15(28,29)16(30,31)17(32,33)34/h1-4,35H,5-6H2. The summed E-state index contributed by atoms with van der Waals surface area (Å²) in [7, 11) is 0. The molecule has 208 valence electrons. The maximum Gasteiger partial charge on any atom is 0.460 e. The molecule has 0 amide bonds. The second-order valence-electron chi connectivity index (χ2n) is 6.75. The summed E-state index contributed by atoms with van der Waals surface area (Å²) < 4.78 is 227. The lowest BCUT2D eigenvalue weighted by molar-refractivity contribution is -0.451. The molecule has 36 heavy (non-hydrogen) atoms. The lowest BCUT2D eigenvalue weighted by atomic mass is 9.91. The van der Waals surface area contributed by atoms with E-state index in [1.54, 1.807) is 0 Å². The average molecular weight is 568 g/mol. The topological polar surface area (TPSA) is 29.5 Å². The lowest BCUT2D eigenvalue weighted by Crippen LogP contribution is -2.72. The summed E-state index contributed by atoms with van der Waals surface area (Å²) >= 11 is 0. The molecule has 0 bridgehead atoms. The molecule has 1 rings (SSSR count). The lowest BCUT2D eigenvalue weighted by Gasteiger charge is -2.41. The van der Waals surface area contributed by atoms with E-state index >= 15 is 0 Å². The van der Waals surface area contributed by atoms with Gasteiger partial charge in [0.25, 0.3) is 0 Å². The molecule has 1 N–H and O–H groups in total. The molecule has 0 aliphatic carbocycles. The van der Waals surface area contributed by atoms with Gasteiger partial charge in [0.05, 0.1) is 0 Å². The van der Waals surface area contributed by atoms with Gasteiger partial charge in [-0.2, -0.15) is 74.6 Å². The van der Waals surface area contributed by atoms with Crippen LogP contribution in [0.4, 0.5) is 74.6 Å². The Kier molecular flexibility index (Phi) is 8.28. The Balaban J connectivity index is 3.51. The van der Waals surface area contributed by atoms with E-state index in [4.69, 9.17) is 5.11 Å². The van der Waals surface area contributed by atoms with Gasteiger partial charge in [-0.25, -0.2) is 0 Å². The van der Waals surface area contributed by atoms with E-state index in [1.165, 1.54) is 0 Å². The Morgan fingerprint density at radius 2 is 1.00 bits per heavy atom. The number of ether oxygens (including phenoxy) is 1.